The maximum absolute atomic E-state index is 13.5. The summed E-state index contributed by atoms with van der Waals surface area (Å²) in [6.45, 7) is 1.60. The molecule has 3 aromatic rings. The van der Waals surface area contributed by atoms with Crippen LogP contribution in [0.4, 0.5) is 5.69 Å². The minimum absolute atomic E-state index is 0.0422. The standard InChI is InChI=1S/C26H28N2O4/c1-31-24-15-19(16-25(32-2)22(24)17-27-12-14-29)26(30)28-13-11-21-20(9-6-10-23(21)28)18-7-4-3-5-8-18/h3-10,15-16,27,29H,11-14,17H2,1-2H3. The molecule has 0 aliphatic carbocycles. The molecule has 0 unspecified atom stereocenters. The van der Waals surface area contributed by atoms with Crippen molar-refractivity contribution in [3.63, 3.8) is 0 Å². The second kappa shape index (κ2) is 9.85. The average molecular weight is 433 g/mol. The Kier molecular flexibility index (Phi) is 6.73. The largest absolute Gasteiger partial charge is 0.496 e. The van der Waals surface area contributed by atoms with Crippen molar-refractivity contribution < 1.29 is 19.4 Å². The SMILES string of the molecule is COc1cc(C(=O)N2CCc3c(-c4ccccc4)cccc32)cc(OC)c1CNCCO. The molecule has 6 heteroatoms. The van der Waals surface area contributed by atoms with E-state index in [1.54, 1.807) is 26.4 Å². The molecule has 1 aliphatic rings. The first kappa shape index (κ1) is 21.9. The number of hydrogen-bond donors (Lipinski definition) is 2. The molecule has 2 N–H and O–H groups in total. The second-order valence-electron chi connectivity index (χ2n) is 7.64. The molecule has 32 heavy (non-hydrogen) atoms. The molecule has 1 amide bonds. The zero-order valence-electron chi connectivity index (χ0n) is 18.4. The number of rotatable bonds is 8. The van der Waals surface area contributed by atoms with Crippen LogP contribution in [0.1, 0.15) is 21.5 Å². The van der Waals surface area contributed by atoms with Crippen LogP contribution in [0.5, 0.6) is 11.5 Å². The smallest absolute Gasteiger partial charge is 0.258 e. The third-order valence-corrected chi connectivity index (χ3v) is 5.80. The van der Waals surface area contributed by atoms with Crippen molar-refractivity contribution in [2.75, 3.05) is 38.8 Å². The lowest BCUT2D eigenvalue weighted by Crippen LogP contribution is -2.29. The summed E-state index contributed by atoms with van der Waals surface area (Å²) >= 11 is 0. The van der Waals surface area contributed by atoms with Gasteiger partial charge in [0.25, 0.3) is 5.91 Å². The number of hydrogen-bond acceptors (Lipinski definition) is 5. The highest BCUT2D eigenvalue weighted by Crippen LogP contribution is 2.38. The number of amides is 1. The predicted octanol–water partition coefficient (Wildman–Crippen LogP) is 3.66. The monoisotopic (exact) mass is 432 g/mol. The summed E-state index contributed by atoms with van der Waals surface area (Å²) in [6, 6.07) is 19.9. The van der Waals surface area contributed by atoms with Crippen molar-refractivity contribution in [2.24, 2.45) is 0 Å². The van der Waals surface area contributed by atoms with Gasteiger partial charge in [-0.25, -0.2) is 0 Å². The van der Waals surface area contributed by atoms with E-state index in [4.69, 9.17) is 14.6 Å². The molecule has 0 saturated heterocycles. The van der Waals surface area contributed by atoms with E-state index in [2.05, 4.69) is 23.5 Å². The highest BCUT2D eigenvalue weighted by Gasteiger charge is 2.29. The molecule has 0 bridgehead atoms. The van der Waals surface area contributed by atoms with E-state index in [-0.39, 0.29) is 12.5 Å². The van der Waals surface area contributed by atoms with Crippen LogP contribution >= 0.6 is 0 Å². The van der Waals surface area contributed by atoms with Crippen LogP contribution in [0.2, 0.25) is 0 Å². The third-order valence-electron chi connectivity index (χ3n) is 5.80. The quantitative estimate of drug-likeness (QED) is 0.532. The Bertz CT molecular complexity index is 1070. The summed E-state index contributed by atoms with van der Waals surface area (Å²) in [6.07, 6.45) is 0.809. The molecular formula is C26H28N2O4. The predicted molar refractivity (Wildman–Crippen MR) is 126 cm³/mol. The van der Waals surface area contributed by atoms with E-state index in [0.29, 0.717) is 36.7 Å². The van der Waals surface area contributed by atoms with Gasteiger partial charge in [-0.2, -0.15) is 0 Å². The second-order valence-corrected chi connectivity index (χ2v) is 7.64. The Hall–Kier alpha value is -3.35. The van der Waals surface area contributed by atoms with Crippen molar-refractivity contribution in [3.05, 3.63) is 77.4 Å². The zero-order chi connectivity index (χ0) is 22.5. The Labute approximate surface area is 188 Å². The molecule has 166 valence electrons. The maximum Gasteiger partial charge on any atom is 0.258 e. The number of nitrogens with zero attached hydrogens (tertiary/aromatic N) is 1. The highest BCUT2D eigenvalue weighted by atomic mass is 16.5. The van der Waals surface area contributed by atoms with Gasteiger partial charge >= 0.3 is 0 Å². The van der Waals surface area contributed by atoms with Gasteiger partial charge in [0.1, 0.15) is 11.5 Å². The molecule has 1 aliphatic heterocycles. The van der Waals surface area contributed by atoms with Crippen LogP contribution in [0.15, 0.2) is 60.7 Å². The van der Waals surface area contributed by atoms with Crippen LogP contribution < -0.4 is 19.7 Å². The van der Waals surface area contributed by atoms with Gasteiger partial charge in [0.2, 0.25) is 0 Å². The number of carbonyl (C=O) groups excluding carboxylic acids is 1. The van der Waals surface area contributed by atoms with E-state index >= 15 is 0 Å². The number of carbonyl (C=O) groups is 1. The number of nitrogens with one attached hydrogen (secondary N) is 1. The Morgan fingerprint density at radius 1 is 1.03 bits per heavy atom. The van der Waals surface area contributed by atoms with E-state index in [1.807, 2.05) is 35.2 Å². The number of anilines is 1. The topological polar surface area (TPSA) is 71.0 Å². The number of aliphatic hydroxyl groups is 1. The van der Waals surface area contributed by atoms with Crippen molar-refractivity contribution >= 4 is 11.6 Å². The third kappa shape index (κ3) is 4.20. The van der Waals surface area contributed by atoms with Crippen molar-refractivity contribution in [3.8, 4) is 22.6 Å². The number of aliphatic hydroxyl groups excluding tert-OH is 1. The molecule has 3 aromatic carbocycles. The first-order valence-corrected chi connectivity index (χ1v) is 10.7. The van der Waals surface area contributed by atoms with Crippen molar-refractivity contribution in [2.45, 2.75) is 13.0 Å². The molecule has 0 saturated carbocycles. The Balaban J connectivity index is 1.67. The van der Waals surface area contributed by atoms with Crippen LogP contribution in [0.25, 0.3) is 11.1 Å². The van der Waals surface area contributed by atoms with Gasteiger partial charge in [-0.1, -0.05) is 42.5 Å². The molecule has 4 rings (SSSR count). The summed E-state index contributed by atoms with van der Waals surface area (Å²) in [5, 5.41) is 12.2. The zero-order valence-corrected chi connectivity index (χ0v) is 18.4. The van der Waals surface area contributed by atoms with Crippen LogP contribution in [0.3, 0.4) is 0 Å². The van der Waals surface area contributed by atoms with Gasteiger partial charge in [0.05, 0.1) is 20.8 Å². The Morgan fingerprint density at radius 3 is 2.41 bits per heavy atom. The van der Waals surface area contributed by atoms with Crippen LogP contribution in [-0.2, 0) is 13.0 Å². The lowest BCUT2D eigenvalue weighted by Gasteiger charge is -2.20. The molecule has 0 fully saturated rings. The molecule has 0 spiro atoms. The maximum atomic E-state index is 13.5. The summed E-state index contributed by atoms with van der Waals surface area (Å²) < 4.78 is 11.1. The van der Waals surface area contributed by atoms with Gasteiger partial charge in [0.15, 0.2) is 0 Å². The van der Waals surface area contributed by atoms with Gasteiger partial charge in [-0.15, -0.1) is 0 Å². The molecule has 1 heterocycles. The van der Waals surface area contributed by atoms with E-state index in [9.17, 15) is 4.79 Å². The normalized spacial score (nSPS) is 12.5. The van der Waals surface area contributed by atoms with Crippen LogP contribution in [-0.4, -0.2) is 44.9 Å². The van der Waals surface area contributed by atoms with E-state index in [0.717, 1.165) is 23.2 Å². The highest BCUT2D eigenvalue weighted by molar-refractivity contribution is 6.08. The van der Waals surface area contributed by atoms with Crippen LogP contribution in [0, 0.1) is 0 Å². The lowest BCUT2D eigenvalue weighted by molar-refractivity contribution is 0.0988. The van der Waals surface area contributed by atoms with E-state index in [1.165, 1.54) is 11.1 Å². The summed E-state index contributed by atoms with van der Waals surface area (Å²) in [5.74, 6) is 1.08. The van der Waals surface area contributed by atoms with E-state index < -0.39 is 0 Å². The first-order chi connectivity index (χ1) is 15.7. The van der Waals surface area contributed by atoms with Gasteiger partial charge in [-0.3, -0.25) is 4.79 Å². The molecule has 0 aromatic heterocycles. The fourth-order valence-corrected chi connectivity index (χ4v) is 4.26. The minimum atomic E-state index is -0.0829. The van der Waals surface area contributed by atoms with Gasteiger partial charge in [0, 0.05) is 36.4 Å². The number of methoxy groups -OCH3 is 2. The molecule has 0 atom stereocenters. The summed E-state index contributed by atoms with van der Waals surface area (Å²) in [5.41, 5.74) is 5.79. The van der Waals surface area contributed by atoms with Crippen molar-refractivity contribution in [1.82, 2.24) is 5.32 Å². The fraction of sp³-hybridized carbons (Fsp3) is 0.269. The van der Waals surface area contributed by atoms with Gasteiger partial charge < -0.3 is 24.8 Å². The number of fused-ring (bicyclic) bond motifs is 1. The fourth-order valence-electron chi connectivity index (χ4n) is 4.26. The summed E-state index contributed by atoms with van der Waals surface area (Å²) in [4.78, 5) is 15.4. The average Bonchev–Trinajstić information content (AvgIpc) is 3.28. The van der Waals surface area contributed by atoms with Gasteiger partial charge in [-0.05, 0) is 41.3 Å². The molecular weight excluding hydrogens is 404 g/mol. The summed E-state index contributed by atoms with van der Waals surface area (Å²) in [7, 11) is 3.16. The lowest BCUT2D eigenvalue weighted by atomic mass is 9.98. The van der Waals surface area contributed by atoms with Crippen molar-refractivity contribution in [1.29, 1.82) is 0 Å². The number of ether oxygens (including phenoxy) is 2. The molecule has 6 nitrogen and oxygen atoms in total. The first-order valence-electron chi connectivity index (χ1n) is 10.7. The molecule has 0 radical (unpaired) electrons. The Morgan fingerprint density at radius 2 is 1.75 bits per heavy atom. The minimum Gasteiger partial charge on any atom is -0.496 e. The number of benzene rings is 3.